The molecular formula is C26H27FN4O4. The van der Waals surface area contributed by atoms with Gasteiger partial charge in [-0.15, -0.1) is 0 Å². The smallest absolute Gasteiger partial charge is 0.296 e. The summed E-state index contributed by atoms with van der Waals surface area (Å²) in [7, 11) is 1.44. The summed E-state index contributed by atoms with van der Waals surface area (Å²) < 4.78 is 21.1. The van der Waals surface area contributed by atoms with Crippen molar-refractivity contribution in [2.45, 2.75) is 45.4 Å². The first-order chi connectivity index (χ1) is 16.7. The van der Waals surface area contributed by atoms with Crippen LogP contribution in [0.4, 0.5) is 4.39 Å². The highest BCUT2D eigenvalue weighted by atomic mass is 19.1. The summed E-state index contributed by atoms with van der Waals surface area (Å²) in [6, 6.07) is 13.1. The van der Waals surface area contributed by atoms with E-state index in [0.717, 1.165) is 11.6 Å². The van der Waals surface area contributed by atoms with E-state index < -0.39 is 23.2 Å². The molecule has 0 saturated heterocycles. The highest BCUT2D eigenvalue weighted by Crippen LogP contribution is 2.32. The van der Waals surface area contributed by atoms with Gasteiger partial charge in [-0.2, -0.15) is 0 Å². The van der Waals surface area contributed by atoms with Crippen molar-refractivity contribution in [2.75, 3.05) is 7.05 Å². The second kappa shape index (κ2) is 9.69. The largest absolute Gasteiger partial charge is 0.481 e. The quantitative estimate of drug-likeness (QED) is 0.544. The Kier molecular flexibility index (Phi) is 6.68. The lowest BCUT2D eigenvalue weighted by Gasteiger charge is -2.19. The third kappa shape index (κ3) is 4.94. The van der Waals surface area contributed by atoms with Crippen molar-refractivity contribution in [3.8, 4) is 5.75 Å². The van der Waals surface area contributed by atoms with Gasteiger partial charge in [-0.1, -0.05) is 50.2 Å². The first kappa shape index (κ1) is 24.1. The molecule has 2 heterocycles. The van der Waals surface area contributed by atoms with Gasteiger partial charge >= 0.3 is 0 Å². The summed E-state index contributed by atoms with van der Waals surface area (Å²) in [5.41, 5.74) is 0.464. The third-order valence-corrected chi connectivity index (χ3v) is 6.12. The Hall–Kier alpha value is -4.01. The molecule has 0 fully saturated rings. The van der Waals surface area contributed by atoms with E-state index in [0.29, 0.717) is 24.4 Å². The number of aromatic nitrogens is 2. The fourth-order valence-corrected chi connectivity index (χ4v) is 4.09. The predicted octanol–water partition coefficient (Wildman–Crippen LogP) is 2.93. The Labute approximate surface area is 202 Å². The van der Waals surface area contributed by atoms with Crippen molar-refractivity contribution in [2.24, 2.45) is 0 Å². The van der Waals surface area contributed by atoms with Crippen LogP contribution in [0.15, 0.2) is 53.3 Å². The monoisotopic (exact) mass is 478 g/mol. The number of ether oxygens (including phenoxy) is 1. The second-order valence-corrected chi connectivity index (χ2v) is 9.04. The number of amides is 2. The van der Waals surface area contributed by atoms with E-state index in [2.05, 4.69) is 15.6 Å². The standard InChI is InChI=1S/C26H27FN4O4/c1-26(2)11-12-31-24(34)21(35-15-16-7-5-4-6-8-16)20(30-25(26)31)23(33)29-14-17-9-10-18(27)13-19(17)22(32)28-3/h4-10,13H,11-12,14-15H2,1-3H3,(H,28,32)(H,29,33). The minimum absolute atomic E-state index is 0.0660. The summed E-state index contributed by atoms with van der Waals surface area (Å²) >= 11 is 0. The number of halogens is 1. The number of hydrogen-bond acceptors (Lipinski definition) is 5. The Morgan fingerprint density at radius 3 is 2.60 bits per heavy atom. The molecule has 4 rings (SSSR count). The van der Waals surface area contributed by atoms with Gasteiger partial charge < -0.3 is 15.4 Å². The first-order valence-corrected chi connectivity index (χ1v) is 11.3. The van der Waals surface area contributed by atoms with Crippen molar-refractivity contribution in [3.05, 3.63) is 92.9 Å². The Morgan fingerprint density at radius 2 is 1.89 bits per heavy atom. The molecule has 0 bridgehead atoms. The molecule has 1 aliphatic rings. The van der Waals surface area contributed by atoms with Gasteiger partial charge in [0.1, 0.15) is 18.2 Å². The third-order valence-electron chi connectivity index (χ3n) is 6.12. The van der Waals surface area contributed by atoms with Gasteiger partial charge in [-0.25, -0.2) is 9.37 Å². The highest BCUT2D eigenvalue weighted by Gasteiger charge is 2.36. The molecule has 0 atom stereocenters. The van der Waals surface area contributed by atoms with Gasteiger partial charge in [-0.3, -0.25) is 19.0 Å². The molecule has 0 saturated carbocycles. The molecule has 182 valence electrons. The minimum atomic E-state index is -0.622. The molecule has 2 N–H and O–H groups in total. The summed E-state index contributed by atoms with van der Waals surface area (Å²) in [5.74, 6) is -1.27. The van der Waals surface area contributed by atoms with Crippen molar-refractivity contribution >= 4 is 11.8 Å². The lowest BCUT2D eigenvalue weighted by Crippen LogP contribution is -2.33. The number of carbonyl (C=O) groups excluding carboxylic acids is 2. The van der Waals surface area contributed by atoms with Gasteiger partial charge in [0.2, 0.25) is 5.75 Å². The van der Waals surface area contributed by atoms with Crippen LogP contribution in [0, 0.1) is 5.82 Å². The van der Waals surface area contributed by atoms with Crippen LogP contribution in [0.3, 0.4) is 0 Å². The van der Waals surface area contributed by atoms with Gasteiger partial charge in [0.15, 0.2) is 5.69 Å². The summed E-state index contributed by atoms with van der Waals surface area (Å²) in [6.45, 7) is 4.46. The van der Waals surface area contributed by atoms with E-state index in [1.165, 1.54) is 19.2 Å². The van der Waals surface area contributed by atoms with Crippen LogP contribution < -0.4 is 20.9 Å². The van der Waals surface area contributed by atoms with Crippen LogP contribution in [0.25, 0.3) is 0 Å². The van der Waals surface area contributed by atoms with Crippen LogP contribution in [0.1, 0.15) is 58.1 Å². The number of nitrogens with one attached hydrogen (secondary N) is 2. The molecule has 2 amide bonds. The van der Waals surface area contributed by atoms with E-state index >= 15 is 0 Å². The molecule has 9 heteroatoms. The van der Waals surface area contributed by atoms with Crippen molar-refractivity contribution in [1.29, 1.82) is 0 Å². The zero-order valence-corrected chi connectivity index (χ0v) is 19.9. The SMILES string of the molecule is CNC(=O)c1cc(F)ccc1CNC(=O)c1nc2n(c(=O)c1OCc1ccccc1)CCC2(C)C. The van der Waals surface area contributed by atoms with Crippen molar-refractivity contribution in [3.63, 3.8) is 0 Å². The molecule has 0 spiro atoms. The normalized spacial score (nSPS) is 13.7. The number of rotatable bonds is 7. The van der Waals surface area contributed by atoms with Crippen LogP contribution >= 0.6 is 0 Å². The average Bonchev–Trinajstić information content (AvgIpc) is 3.16. The summed E-state index contributed by atoms with van der Waals surface area (Å²) in [4.78, 5) is 43.3. The summed E-state index contributed by atoms with van der Waals surface area (Å²) in [5, 5.41) is 5.17. The van der Waals surface area contributed by atoms with Gasteiger partial charge in [0, 0.05) is 31.1 Å². The summed E-state index contributed by atoms with van der Waals surface area (Å²) in [6.07, 6.45) is 0.712. The van der Waals surface area contributed by atoms with E-state index in [-0.39, 0.29) is 35.6 Å². The molecule has 0 radical (unpaired) electrons. The van der Waals surface area contributed by atoms with Crippen LogP contribution in [0.2, 0.25) is 0 Å². The topological polar surface area (TPSA) is 102 Å². The number of nitrogens with zero attached hydrogens (tertiary/aromatic N) is 2. The maximum atomic E-state index is 13.7. The molecule has 0 aliphatic carbocycles. The van der Waals surface area contributed by atoms with E-state index in [1.54, 1.807) is 4.57 Å². The molecular weight excluding hydrogens is 451 g/mol. The van der Waals surface area contributed by atoms with E-state index in [9.17, 15) is 18.8 Å². The number of carbonyl (C=O) groups is 2. The minimum Gasteiger partial charge on any atom is -0.481 e. The molecule has 2 aromatic carbocycles. The Bertz CT molecular complexity index is 1340. The molecule has 1 aromatic heterocycles. The van der Waals surface area contributed by atoms with E-state index in [1.807, 2.05) is 44.2 Å². The molecule has 3 aromatic rings. The van der Waals surface area contributed by atoms with Crippen molar-refractivity contribution in [1.82, 2.24) is 20.2 Å². The second-order valence-electron chi connectivity index (χ2n) is 9.04. The van der Waals surface area contributed by atoms with Crippen LogP contribution in [0.5, 0.6) is 5.75 Å². The lowest BCUT2D eigenvalue weighted by atomic mass is 9.91. The molecule has 0 unspecified atom stereocenters. The molecule has 35 heavy (non-hydrogen) atoms. The average molecular weight is 479 g/mol. The number of fused-ring (bicyclic) bond motifs is 1. The number of hydrogen-bond donors (Lipinski definition) is 2. The maximum Gasteiger partial charge on any atom is 0.296 e. The Balaban J connectivity index is 1.66. The lowest BCUT2D eigenvalue weighted by molar-refractivity contribution is 0.0931. The van der Waals surface area contributed by atoms with Crippen LogP contribution in [-0.4, -0.2) is 28.4 Å². The maximum absolute atomic E-state index is 13.7. The zero-order valence-electron chi connectivity index (χ0n) is 19.9. The zero-order chi connectivity index (χ0) is 25.2. The van der Waals surface area contributed by atoms with E-state index in [4.69, 9.17) is 4.74 Å². The molecule has 1 aliphatic heterocycles. The van der Waals surface area contributed by atoms with Crippen molar-refractivity contribution < 1.29 is 18.7 Å². The fraction of sp³-hybridized carbons (Fsp3) is 0.308. The highest BCUT2D eigenvalue weighted by molar-refractivity contribution is 5.97. The predicted molar refractivity (Wildman–Crippen MR) is 128 cm³/mol. The fourth-order valence-electron chi connectivity index (χ4n) is 4.09. The number of benzene rings is 2. The molecule has 8 nitrogen and oxygen atoms in total. The Morgan fingerprint density at radius 1 is 1.14 bits per heavy atom. The van der Waals surface area contributed by atoms with Gasteiger partial charge in [0.05, 0.1) is 0 Å². The van der Waals surface area contributed by atoms with Crippen LogP contribution in [-0.2, 0) is 25.1 Å². The van der Waals surface area contributed by atoms with Gasteiger partial charge in [-0.05, 0) is 29.7 Å². The van der Waals surface area contributed by atoms with Gasteiger partial charge in [0.25, 0.3) is 17.4 Å². The first-order valence-electron chi connectivity index (χ1n) is 11.3.